The number of nitrogens with one attached hydrogen (secondary N) is 1. The van der Waals surface area contributed by atoms with Crippen molar-refractivity contribution in [3.05, 3.63) is 0 Å². The van der Waals surface area contributed by atoms with Gasteiger partial charge in [-0.3, -0.25) is 4.79 Å². The SMILES string of the molecule is CC(C)(CO)CNC(=O)C1(N)C2CCCOC2C1(C)C. The highest BCUT2D eigenvalue weighted by Gasteiger charge is 2.70. The first kappa shape index (κ1) is 15.7. The molecule has 2 aliphatic rings. The van der Waals surface area contributed by atoms with Gasteiger partial charge in [-0.05, 0) is 12.8 Å². The number of ether oxygens (including phenoxy) is 1. The Morgan fingerprint density at radius 2 is 2.15 bits per heavy atom. The number of rotatable bonds is 4. The van der Waals surface area contributed by atoms with Gasteiger partial charge in [0.05, 0.1) is 6.10 Å². The summed E-state index contributed by atoms with van der Waals surface area (Å²) in [6.07, 6.45) is 1.99. The number of nitrogens with two attached hydrogens (primary N) is 1. The van der Waals surface area contributed by atoms with Crippen molar-refractivity contribution in [3.63, 3.8) is 0 Å². The predicted octanol–water partition coefficient (Wildman–Crippen LogP) is 0.654. The summed E-state index contributed by atoms with van der Waals surface area (Å²) in [4.78, 5) is 12.6. The van der Waals surface area contributed by atoms with E-state index in [0.29, 0.717) is 6.54 Å². The van der Waals surface area contributed by atoms with Crippen LogP contribution in [0.1, 0.15) is 40.5 Å². The molecule has 2 rings (SSSR count). The number of hydrogen-bond acceptors (Lipinski definition) is 4. The topological polar surface area (TPSA) is 84.6 Å². The van der Waals surface area contributed by atoms with E-state index in [1.807, 2.05) is 27.7 Å². The molecule has 1 amide bonds. The Kier molecular flexibility index (Phi) is 3.91. The van der Waals surface area contributed by atoms with Gasteiger partial charge in [0.1, 0.15) is 5.54 Å². The van der Waals surface area contributed by atoms with Crippen molar-refractivity contribution in [3.8, 4) is 0 Å². The summed E-state index contributed by atoms with van der Waals surface area (Å²) in [7, 11) is 0. The van der Waals surface area contributed by atoms with Gasteiger partial charge in [-0.2, -0.15) is 0 Å². The lowest BCUT2D eigenvalue weighted by Crippen LogP contribution is -2.82. The van der Waals surface area contributed by atoms with Crippen molar-refractivity contribution < 1.29 is 14.6 Å². The van der Waals surface area contributed by atoms with Crippen molar-refractivity contribution in [1.82, 2.24) is 5.32 Å². The fraction of sp³-hybridized carbons (Fsp3) is 0.933. The third-order valence-corrected chi connectivity index (χ3v) is 5.22. The minimum atomic E-state index is -0.871. The van der Waals surface area contributed by atoms with Crippen LogP contribution in [0.5, 0.6) is 0 Å². The molecule has 116 valence electrons. The Balaban J connectivity index is 2.08. The van der Waals surface area contributed by atoms with Gasteiger partial charge < -0.3 is 20.9 Å². The molecule has 1 aliphatic heterocycles. The van der Waals surface area contributed by atoms with Crippen molar-refractivity contribution in [1.29, 1.82) is 0 Å². The van der Waals surface area contributed by atoms with Gasteiger partial charge in [-0.15, -0.1) is 0 Å². The molecule has 0 aromatic rings. The number of aliphatic hydroxyl groups excluding tert-OH is 1. The molecule has 0 bridgehead atoms. The van der Waals surface area contributed by atoms with E-state index in [1.54, 1.807) is 0 Å². The molecule has 5 heteroatoms. The average molecular weight is 284 g/mol. The second-order valence-electron chi connectivity index (χ2n) is 7.64. The molecular formula is C15H28N2O3. The molecule has 2 fully saturated rings. The lowest BCUT2D eigenvalue weighted by atomic mass is 9.46. The van der Waals surface area contributed by atoms with E-state index in [-0.39, 0.29) is 35.4 Å². The summed E-state index contributed by atoms with van der Waals surface area (Å²) in [5.41, 5.74) is 4.94. The fourth-order valence-electron chi connectivity index (χ4n) is 3.56. The van der Waals surface area contributed by atoms with Gasteiger partial charge in [0.25, 0.3) is 0 Å². The largest absolute Gasteiger partial charge is 0.396 e. The third-order valence-electron chi connectivity index (χ3n) is 5.22. The average Bonchev–Trinajstić information content (AvgIpc) is 2.43. The van der Waals surface area contributed by atoms with E-state index in [0.717, 1.165) is 19.4 Å². The zero-order chi connectivity index (χ0) is 15.2. The van der Waals surface area contributed by atoms with Gasteiger partial charge in [-0.1, -0.05) is 27.7 Å². The van der Waals surface area contributed by atoms with Crippen LogP contribution in [0.2, 0.25) is 0 Å². The second kappa shape index (κ2) is 4.97. The molecule has 0 aromatic carbocycles. The Bertz CT molecular complexity index is 395. The van der Waals surface area contributed by atoms with Gasteiger partial charge in [0, 0.05) is 36.5 Å². The Labute approximate surface area is 121 Å². The molecule has 1 saturated heterocycles. The lowest BCUT2D eigenvalue weighted by Gasteiger charge is -2.65. The summed E-state index contributed by atoms with van der Waals surface area (Å²) in [5, 5.41) is 12.2. The van der Waals surface area contributed by atoms with Crippen LogP contribution in [-0.4, -0.2) is 42.4 Å². The van der Waals surface area contributed by atoms with Crippen molar-refractivity contribution in [2.24, 2.45) is 22.5 Å². The maximum Gasteiger partial charge on any atom is 0.241 e. The molecule has 20 heavy (non-hydrogen) atoms. The predicted molar refractivity (Wildman–Crippen MR) is 77.0 cm³/mol. The van der Waals surface area contributed by atoms with Crippen LogP contribution in [0.4, 0.5) is 0 Å². The van der Waals surface area contributed by atoms with E-state index in [9.17, 15) is 9.90 Å². The van der Waals surface area contributed by atoms with E-state index in [4.69, 9.17) is 10.5 Å². The van der Waals surface area contributed by atoms with Crippen LogP contribution >= 0.6 is 0 Å². The number of hydrogen-bond donors (Lipinski definition) is 3. The van der Waals surface area contributed by atoms with Crippen LogP contribution in [0, 0.1) is 16.7 Å². The summed E-state index contributed by atoms with van der Waals surface area (Å²) < 4.78 is 5.80. The van der Waals surface area contributed by atoms with Gasteiger partial charge in [-0.25, -0.2) is 0 Å². The zero-order valence-corrected chi connectivity index (χ0v) is 13.0. The molecule has 0 aromatic heterocycles. The lowest BCUT2D eigenvalue weighted by molar-refractivity contribution is -0.225. The van der Waals surface area contributed by atoms with E-state index in [1.165, 1.54) is 0 Å². The van der Waals surface area contributed by atoms with Gasteiger partial charge >= 0.3 is 0 Å². The van der Waals surface area contributed by atoms with Crippen LogP contribution in [0.3, 0.4) is 0 Å². The van der Waals surface area contributed by atoms with Crippen molar-refractivity contribution >= 4 is 5.91 Å². The molecule has 3 unspecified atom stereocenters. The second-order valence-corrected chi connectivity index (χ2v) is 7.64. The van der Waals surface area contributed by atoms with Gasteiger partial charge in [0.15, 0.2) is 0 Å². The Morgan fingerprint density at radius 1 is 1.50 bits per heavy atom. The Morgan fingerprint density at radius 3 is 2.75 bits per heavy atom. The minimum absolute atomic E-state index is 0.0312. The number of carbonyl (C=O) groups is 1. The molecule has 1 heterocycles. The molecule has 5 nitrogen and oxygen atoms in total. The number of aliphatic hydroxyl groups is 1. The summed E-state index contributed by atoms with van der Waals surface area (Å²) in [5.74, 6) is -0.0146. The van der Waals surface area contributed by atoms with Crippen molar-refractivity contribution in [2.75, 3.05) is 19.8 Å². The molecule has 3 atom stereocenters. The first-order chi connectivity index (χ1) is 9.17. The van der Waals surface area contributed by atoms with E-state index in [2.05, 4.69) is 5.32 Å². The highest BCUT2D eigenvalue weighted by molar-refractivity contribution is 5.89. The highest BCUT2D eigenvalue weighted by Crippen LogP contribution is 2.57. The first-order valence-electron chi connectivity index (χ1n) is 7.46. The molecule has 0 radical (unpaired) electrons. The van der Waals surface area contributed by atoms with E-state index < -0.39 is 5.54 Å². The smallest absolute Gasteiger partial charge is 0.241 e. The molecule has 1 saturated carbocycles. The summed E-state index contributed by atoms with van der Waals surface area (Å²) in [6.45, 7) is 9.06. The maximum absolute atomic E-state index is 12.6. The normalized spacial score (nSPS) is 35.9. The standard InChI is InChI=1S/C15H28N2O3/c1-13(2,9-18)8-17-12(19)15(16)10-6-5-7-20-11(10)14(15,3)4/h10-11,18H,5-9,16H2,1-4H3,(H,17,19). The minimum Gasteiger partial charge on any atom is -0.396 e. The number of carbonyl (C=O) groups excluding carboxylic acids is 1. The molecular weight excluding hydrogens is 256 g/mol. The third kappa shape index (κ3) is 2.16. The van der Waals surface area contributed by atoms with E-state index >= 15 is 0 Å². The molecule has 0 spiro atoms. The van der Waals surface area contributed by atoms with Gasteiger partial charge in [0.2, 0.25) is 5.91 Å². The summed E-state index contributed by atoms with van der Waals surface area (Å²) >= 11 is 0. The van der Waals surface area contributed by atoms with Crippen molar-refractivity contribution in [2.45, 2.75) is 52.2 Å². The first-order valence-corrected chi connectivity index (χ1v) is 7.46. The van der Waals surface area contributed by atoms with Crippen LogP contribution in [0.25, 0.3) is 0 Å². The monoisotopic (exact) mass is 284 g/mol. The highest BCUT2D eigenvalue weighted by atomic mass is 16.5. The zero-order valence-electron chi connectivity index (χ0n) is 13.0. The molecule has 4 N–H and O–H groups in total. The molecule has 1 aliphatic carbocycles. The number of fused-ring (bicyclic) bond motifs is 1. The van der Waals surface area contributed by atoms with Crippen LogP contribution in [-0.2, 0) is 9.53 Å². The maximum atomic E-state index is 12.6. The quantitative estimate of drug-likeness (QED) is 0.708. The summed E-state index contributed by atoms with van der Waals surface area (Å²) in [6, 6.07) is 0. The Hall–Kier alpha value is -0.650. The van der Waals surface area contributed by atoms with Crippen LogP contribution in [0.15, 0.2) is 0 Å². The number of amides is 1. The van der Waals surface area contributed by atoms with Crippen LogP contribution < -0.4 is 11.1 Å². The fourth-order valence-corrected chi connectivity index (χ4v) is 3.56.